The first-order valence-electron chi connectivity index (χ1n) is 4.53. The summed E-state index contributed by atoms with van der Waals surface area (Å²) >= 11 is 0. The molecule has 0 spiro atoms. The Morgan fingerprint density at radius 2 is 2.14 bits per heavy atom. The maximum Gasteiger partial charge on any atom is 0.0568 e. The average molecular weight is 188 g/mol. The van der Waals surface area contributed by atoms with Crippen LogP contribution in [-0.4, -0.2) is 14.8 Å². The predicted molar refractivity (Wildman–Crippen MR) is 55.5 cm³/mol. The molecule has 4 heteroatoms. The number of nitrogens with zero attached hydrogens (tertiary/aromatic N) is 3. The van der Waals surface area contributed by atoms with Crippen LogP contribution in [0, 0.1) is 0 Å². The summed E-state index contributed by atoms with van der Waals surface area (Å²) in [6, 6.07) is 1.89. The molecule has 0 unspecified atom stereocenters. The molecule has 2 aromatic rings. The topological polar surface area (TPSA) is 56.7 Å². The lowest BCUT2D eigenvalue weighted by atomic mass is 10.1. The van der Waals surface area contributed by atoms with E-state index in [0.717, 1.165) is 17.7 Å². The van der Waals surface area contributed by atoms with E-state index >= 15 is 0 Å². The van der Waals surface area contributed by atoms with Crippen molar-refractivity contribution in [1.82, 2.24) is 14.8 Å². The van der Waals surface area contributed by atoms with Crippen LogP contribution in [0.1, 0.15) is 6.92 Å². The summed E-state index contributed by atoms with van der Waals surface area (Å²) in [7, 11) is 0. The van der Waals surface area contributed by atoms with Crippen molar-refractivity contribution in [3.05, 3.63) is 30.9 Å². The molecule has 0 amide bonds. The van der Waals surface area contributed by atoms with Crippen LogP contribution in [0.3, 0.4) is 0 Å². The van der Waals surface area contributed by atoms with Gasteiger partial charge in [-0.15, -0.1) is 0 Å². The fourth-order valence-electron chi connectivity index (χ4n) is 1.30. The Bertz CT molecular complexity index is 433. The molecule has 0 aromatic carbocycles. The zero-order valence-electron chi connectivity index (χ0n) is 8.01. The summed E-state index contributed by atoms with van der Waals surface area (Å²) in [6.45, 7) is 2.92. The normalized spacial score (nSPS) is 10.4. The zero-order valence-corrected chi connectivity index (χ0v) is 8.01. The Morgan fingerprint density at radius 3 is 2.79 bits per heavy atom. The molecule has 2 aromatic heterocycles. The molecule has 4 nitrogen and oxygen atoms in total. The number of aryl methyl sites for hydroxylation is 1. The van der Waals surface area contributed by atoms with Gasteiger partial charge in [-0.05, 0) is 13.0 Å². The van der Waals surface area contributed by atoms with Crippen molar-refractivity contribution in [2.24, 2.45) is 0 Å². The maximum absolute atomic E-state index is 5.65. The first kappa shape index (κ1) is 8.74. The maximum atomic E-state index is 5.65. The smallest absolute Gasteiger partial charge is 0.0568 e. The van der Waals surface area contributed by atoms with E-state index in [0.29, 0.717) is 5.69 Å². The molecule has 2 rings (SSSR count). The SMILES string of the molecule is CCn1cc(-c2cncc(N)c2)cn1. The minimum absolute atomic E-state index is 0.673. The summed E-state index contributed by atoms with van der Waals surface area (Å²) < 4.78 is 1.87. The molecule has 2 N–H and O–H groups in total. The summed E-state index contributed by atoms with van der Waals surface area (Å²) in [5.41, 5.74) is 8.37. The number of nitrogen functional groups attached to an aromatic ring is 1. The van der Waals surface area contributed by atoms with E-state index in [9.17, 15) is 0 Å². The van der Waals surface area contributed by atoms with E-state index in [1.165, 1.54) is 0 Å². The Hall–Kier alpha value is -1.84. The third-order valence-electron chi connectivity index (χ3n) is 2.05. The van der Waals surface area contributed by atoms with Gasteiger partial charge in [0, 0.05) is 36.3 Å². The third kappa shape index (κ3) is 1.59. The fourth-order valence-corrected chi connectivity index (χ4v) is 1.30. The van der Waals surface area contributed by atoms with Crippen molar-refractivity contribution < 1.29 is 0 Å². The molecular weight excluding hydrogens is 176 g/mol. The molecule has 2 heterocycles. The van der Waals surface area contributed by atoms with Gasteiger partial charge in [0.15, 0.2) is 0 Å². The quantitative estimate of drug-likeness (QED) is 0.777. The van der Waals surface area contributed by atoms with Crippen molar-refractivity contribution in [2.75, 3.05) is 5.73 Å². The van der Waals surface area contributed by atoms with Gasteiger partial charge in [-0.2, -0.15) is 5.10 Å². The largest absolute Gasteiger partial charge is 0.397 e. The molecule has 0 radical (unpaired) electrons. The summed E-state index contributed by atoms with van der Waals surface area (Å²) in [5.74, 6) is 0. The van der Waals surface area contributed by atoms with Gasteiger partial charge in [0.2, 0.25) is 0 Å². The fraction of sp³-hybridized carbons (Fsp3) is 0.200. The highest BCUT2D eigenvalue weighted by Crippen LogP contribution is 2.18. The molecule has 0 aliphatic rings. The number of hydrogen-bond acceptors (Lipinski definition) is 3. The van der Waals surface area contributed by atoms with E-state index in [4.69, 9.17) is 5.73 Å². The van der Waals surface area contributed by atoms with Crippen LogP contribution in [0.15, 0.2) is 30.9 Å². The molecular formula is C10H12N4. The van der Waals surface area contributed by atoms with Gasteiger partial charge in [-0.3, -0.25) is 9.67 Å². The number of nitrogens with two attached hydrogens (primary N) is 1. The second kappa shape index (κ2) is 3.49. The molecule has 14 heavy (non-hydrogen) atoms. The van der Waals surface area contributed by atoms with Crippen molar-refractivity contribution in [3.63, 3.8) is 0 Å². The highest BCUT2D eigenvalue weighted by atomic mass is 15.3. The molecule has 0 aliphatic carbocycles. The molecule has 0 fully saturated rings. The second-order valence-corrected chi connectivity index (χ2v) is 3.09. The Kier molecular flexibility index (Phi) is 2.18. The summed E-state index contributed by atoms with van der Waals surface area (Å²) in [5, 5.41) is 4.19. The molecule has 72 valence electrons. The Labute approximate surface area is 82.4 Å². The van der Waals surface area contributed by atoms with Crippen LogP contribution < -0.4 is 5.73 Å². The highest BCUT2D eigenvalue weighted by molar-refractivity contribution is 5.64. The van der Waals surface area contributed by atoms with E-state index in [-0.39, 0.29) is 0 Å². The first-order valence-corrected chi connectivity index (χ1v) is 4.53. The van der Waals surface area contributed by atoms with E-state index < -0.39 is 0 Å². The lowest BCUT2D eigenvalue weighted by molar-refractivity contribution is 0.660. The van der Waals surface area contributed by atoms with Crippen LogP contribution in [-0.2, 0) is 6.54 Å². The monoisotopic (exact) mass is 188 g/mol. The molecule has 0 aliphatic heterocycles. The summed E-state index contributed by atoms with van der Waals surface area (Å²) in [4.78, 5) is 4.03. The van der Waals surface area contributed by atoms with Gasteiger partial charge in [-0.25, -0.2) is 0 Å². The molecule has 0 saturated heterocycles. The Balaban J connectivity index is 2.39. The van der Waals surface area contributed by atoms with Gasteiger partial charge < -0.3 is 5.73 Å². The summed E-state index contributed by atoms with van der Waals surface area (Å²) in [6.07, 6.45) is 7.22. The van der Waals surface area contributed by atoms with Crippen molar-refractivity contribution >= 4 is 5.69 Å². The highest BCUT2D eigenvalue weighted by Gasteiger charge is 2.01. The standard InChI is InChI=1S/C10H12N4/c1-2-14-7-9(5-13-14)8-3-10(11)6-12-4-8/h3-7H,2,11H2,1H3. The van der Waals surface area contributed by atoms with E-state index in [1.54, 1.807) is 12.4 Å². The van der Waals surface area contributed by atoms with Crippen molar-refractivity contribution in [3.8, 4) is 11.1 Å². The Morgan fingerprint density at radius 1 is 1.29 bits per heavy atom. The lowest BCUT2D eigenvalue weighted by Gasteiger charge is -1.97. The predicted octanol–water partition coefficient (Wildman–Crippen LogP) is 1.55. The number of anilines is 1. The average Bonchev–Trinajstić information content (AvgIpc) is 2.66. The molecule has 0 atom stereocenters. The minimum Gasteiger partial charge on any atom is -0.397 e. The number of rotatable bonds is 2. The van der Waals surface area contributed by atoms with Crippen LogP contribution in [0.2, 0.25) is 0 Å². The zero-order chi connectivity index (χ0) is 9.97. The molecule has 0 saturated carbocycles. The van der Waals surface area contributed by atoms with Gasteiger partial charge in [0.05, 0.1) is 11.9 Å². The number of pyridine rings is 1. The lowest BCUT2D eigenvalue weighted by Crippen LogP contribution is -1.92. The van der Waals surface area contributed by atoms with E-state index in [2.05, 4.69) is 10.1 Å². The van der Waals surface area contributed by atoms with Gasteiger partial charge in [-0.1, -0.05) is 0 Å². The second-order valence-electron chi connectivity index (χ2n) is 3.09. The minimum atomic E-state index is 0.673. The first-order chi connectivity index (χ1) is 6.79. The van der Waals surface area contributed by atoms with Crippen LogP contribution in [0.5, 0.6) is 0 Å². The van der Waals surface area contributed by atoms with Crippen LogP contribution >= 0.6 is 0 Å². The van der Waals surface area contributed by atoms with Gasteiger partial charge in [0.25, 0.3) is 0 Å². The van der Waals surface area contributed by atoms with Crippen LogP contribution in [0.4, 0.5) is 5.69 Å². The third-order valence-corrected chi connectivity index (χ3v) is 2.05. The van der Waals surface area contributed by atoms with E-state index in [1.807, 2.05) is 30.1 Å². The number of aromatic nitrogens is 3. The van der Waals surface area contributed by atoms with Crippen molar-refractivity contribution in [2.45, 2.75) is 13.5 Å². The molecule has 0 bridgehead atoms. The van der Waals surface area contributed by atoms with Gasteiger partial charge in [0.1, 0.15) is 0 Å². The van der Waals surface area contributed by atoms with Crippen LogP contribution in [0.25, 0.3) is 11.1 Å². The van der Waals surface area contributed by atoms with Gasteiger partial charge >= 0.3 is 0 Å². The number of hydrogen-bond donors (Lipinski definition) is 1. The van der Waals surface area contributed by atoms with Crippen molar-refractivity contribution in [1.29, 1.82) is 0 Å².